The van der Waals surface area contributed by atoms with E-state index in [1.807, 2.05) is 36.4 Å². The molecule has 1 heterocycles. The Labute approximate surface area is 149 Å². The van der Waals surface area contributed by atoms with Crippen LogP contribution in [0.4, 0.5) is 5.69 Å². The molecule has 0 amide bonds. The van der Waals surface area contributed by atoms with Crippen LogP contribution in [-0.2, 0) is 15.4 Å². The first kappa shape index (κ1) is 17.4. The van der Waals surface area contributed by atoms with E-state index in [1.54, 1.807) is 18.2 Å². The highest BCUT2D eigenvalue weighted by Crippen LogP contribution is 2.28. The Kier molecular flexibility index (Phi) is 4.52. The fourth-order valence-corrected chi connectivity index (χ4v) is 3.66. The van der Waals surface area contributed by atoms with Gasteiger partial charge < -0.3 is 0 Å². The zero-order valence-electron chi connectivity index (χ0n) is 14.7. The van der Waals surface area contributed by atoms with Crippen LogP contribution in [0.5, 0.6) is 0 Å². The van der Waals surface area contributed by atoms with Gasteiger partial charge in [0.25, 0.3) is 10.0 Å². The lowest BCUT2D eigenvalue weighted by molar-refractivity contribution is 0.506. The summed E-state index contributed by atoms with van der Waals surface area (Å²) in [7, 11) is -3.64. The molecule has 0 radical (unpaired) electrons. The van der Waals surface area contributed by atoms with Gasteiger partial charge in [-0.3, -0.25) is 9.71 Å². The molecule has 0 aliphatic carbocycles. The minimum atomic E-state index is -3.64. The molecule has 1 N–H and O–H groups in total. The number of hydrogen-bond acceptors (Lipinski definition) is 3. The molecule has 3 aromatic rings. The Bertz CT molecular complexity index is 994. The maximum absolute atomic E-state index is 12.6. The molecule has 0 saturated heterocycles. The van der Waals surface area contributed by atoms with Gasteiger partial charge in [-0.15, -0.1) is 0 Å². The van der Waals surface area contributed by atoms with Gasteiger partial charge in [-0.2, -0.15) is 0 Å². The Morgan fingerprint density at radius 1 is 1.04 bits per heavy atom. The van der Waals surface area contributed by atoms with E-state index in [1.165, 1.54) is 6.20 Å². The molecule has 25 heavy (non-hydrogen) atoms. The number of hydrogen-bond donors (Lipinski definition) is 1. The molecule has 2 aromatic carbocycles. The number of benzene rings is 2. The maximum Gasteiger partial charge on any atom is 0.261 e. The van der Waals surface area contributed by atoms with Crippen molar-refractivity contribution in [3.63, 3.8) is 0 Å². The summed E-state index contributed by atoms with van der Waals surface area (Å²) in [6, 6.07) is 16.5. The van der Waals surface area contributed by atoms with Gasteiger partial charge in [-0.25, -0.2) is 8.42 Å². The van der Waals surface area contributed by atoms with E-state index in [0.29, 0.717) is 5.69 Å². The molecule has 0 bridgehead atoms. The first-order valence-electron chi connectivity index (χ1n) is 8.30. The average molecular weight is 354 g/mol. The highest BCUT2D eigenvalue weighted by molar-refractivity contribution is 7.92. The molecule has 0 saturated carbocycles. The largest absolute Gasteiger partial charge is 0.278 e. The van der Waals surface area contributed by atoms with Gasteiger partial charge in [0.05, 0.1) is 22.3 Å². The third-order valence-corrected chi connectivity index (χ3v) is 6.07. The SMILES string of the molecule is CCC(C)(C)c1ccc(S(=O)(=O)Nc2cnc3ccccc3c2)cc1. The van der Waals surface area contributed by atoms with Crippen LogP contribution in [0.2, 0.25) is 0 Å². The molecule has 0 aliphatic heterocycles. The van der Waals surface area contributed by atoms with E-state index < -0.39 is 10.0 Å². The van der Waals surface area contributed by atoms with Gasteiger partial charge in [-0.05, 0) is 41.7 Å². The lowest BCUT2D eigenvalue weighted by atomic mass is 9.82. The van der Waals surface area contributed by atoms with Gasteiger partial charge in [0.1, 0.15) is 0 Å². The highest BCUT2D eigenvalue weighted by Gasteiger charge is 2.20. The highest BCUT2D eigenvalue weighted by atomic mass is 32.2. The summed E-state index contributed by atoms with van der Waals surface area (Å²) in [5.74, 6) is 0. The summed E-state index contributed by atoms with van der Waals surface area (Å²) in [4.78, 5) is 4.54. The van der Waals surface area contributed by atoms with Crippen molar-refractivity contribution in [2.75, 3.05) is 4.72 Å². The number of sulfonamides is 1. The van der Waals surface area contributed by atoms with E-state index in [2.05, 4.69) is 30.5 Å². The van der Waals surface area contributed by atoms with E-state index in [0.717, 1.165) is 22.9 Å². The van der Waals surface area contributed by atoms with Crippen molar-refractivity contribution in [3.8, 4) is 0 Å². The molecule has 5 heteroatoms. The van der Waals surface area contributed by atoms with Crippen LogP contribution >= 0.6 is 0 Å². The first-order chi connectivity index (χ1) is 11.8. The molecule has 1 aromatic heterocycles. The van der Waals surface area contributed by atoms with Gasteiger partial charge >= 0.3 is 0 Å². The summed E-state index contributed by atoms with van der Waals surface area (Å²) >= 11 is 0. The molecular formula is C20H22N2O2S. The third kappa shape index (κ3) is 3.66. The van der Waals surface area contributed by atoms with Crippen molar-refractivity contribution >= 4 is 26.6 Å². The lowest BCUT2D eigenvalue weighted by Gasteiger charge is -2.23. The topological polar surface area (TPSA) is 59.1 Å². The van der Waals surface area contributed by atoms with E-state index in [-0.39, 0.29) is 10.3 Å². The average Bonchev–Trinajstić information content (AvgIpc) is 2.61. The van der Waals surface area contributed by atoms with Gasteiger partial charge in [0, 0.05) is 5.39 Å². The number of aromatic nitrogens is 1. The predicted molar refractivity (Wildman–Crippen MR) is 102 cm³/mol. The number of pyridine rings is 1. The molecule has 0 fully saturated rings. The van der Waals surface area contributed by atoms with Gasteiger partial charge in [0.2, 0.25) is 0 Å². The minimum Gasteiger partial charge on any atom is -0.278 e. The Balaban J connectivity index is 1.88. The number of nitrogens with one attached hydrogen (secondary N) is 1. The smallest absolute Gasteiger partial charge is 0.261 e. The van der Waals surface area contributed by atoms with Gasteiger partial charge in [-0.1, -0.05) is 51.1 Å². The van der Waals surface area contributed by atoms with E-state index in [9.17, 15) is 8.42 Å². The normalized spacial score (nSPS) is 12.3. The zero-order valence-corrected chi connectivity index (χ0v) is 15.5. The van der Waals surface area contributed by atoms with Crippen LogP contribution < -0.4 is 4.72 Å². The molecular weight excluding hydrogens is 332 g/mol. The Morgan fingerprint density at radius 3 is 2.40 bits per heavy atom. The maximum atomic E-state index is 12.6. The molecule has 3 rings (SSSR count). The second-order valence-corrected chi connectivity index (χ2v) is 8.47. The van der Waals surface area contributed by atoms with Crippen molar-refractivity contribution in [3.05, 3.63) is 66.4 Å². The van der Waals surface area contributed by atoms with Crippen molar-refractivity contribution in [1.29, 1.82) is 0 Å². The van der Waals surface area contributed by atoms with Crippen LogP contribution in [0.15, 0.2) is 65.7 Å². The summed E-state index contributed by atoms with van der Waals surface area (Å²) in [6.45, 7) is 6.42. The lowest BCUT2D eigenvalue weighted by Crippen LogP contribution is -2.17. The standard InChI is InChI=1S/C20H22N2O2S/c1-4-20(2,3)16-9-11-18(12-10-16)25(23,24)22-17-13-15-7-5-6-8-19(15)21-14-17/h5-14,22H,4H2,1-3H3. The van der Waals surface area contributed by atoms with Crippen molar-refractivity contribution < 1.29 is 8.42 Å². The summed E-state index contributed by atoms with van der Waals surface area (Å²) < 4.78 is 27.9. The number of rotatable bonds is 5. The summed E-state index contributed by atoms with van der Waals surface area (Å²) in [6.07, 6.45) is 2.52. The molecule has 0 aliphatic rings. The van der Waals surface area contributed by atoms with Crippen molar-refractivity contribution in [1.82, 2.24) is 4.98 Å². The summed E-state index contributed by atoms with van der Waals surface area (Å²) in [5.41, 5.74) is 2.44. The second-order valence-electron chi connectivity index (χ2n) is 6.78. The van der Waals surface area contributed by atoms with Crippen LogP contribution in [0.25, 0.3) is 10.9 Å². The molecule has 0 unspecified atom stereocenters. The Hall–Kier alpha value is -2.40. The minimum absolute atomic E-state index is 0.0258. The van der Waals surface area contributed by atoms with Gasteiger partial charge in [0.15, 0.2) is 0 Å². The molecule has 130 valence electrons. The Morgan fingerprint density at radius 2 is 1.72 bits per heavy atom. The summed E-state index contributed by atoms with van der Waals surface area (Å²) in [5, 5.41) is 0.891. The van der Waals surface area contributed by atoms with Crippen molar-refractivity contribution in [2.45, 2.75) is 37.5 Å². The van der Waals surface area contributed by atoms with Crippen molar-refractivity contribution in [2.24, 2.45) is 0 Å². The number of fused-ring (bicyclic) bond motifs is 1. The van der Waals surface area contributed by atoms with Crippen LogP contribution in [0.1, 0.15) is 32.8 Å². The fraction of sp³-hybridized carbons (Fsp3) is 0.250. The second kappa shape index (κ2) is 6.48. The van der Waals surface area contributed by atoms with Crippen LogP contribution in [0.3, 0.4) is 0 Å². The monoisotopic (exact) mass is 354 g/mol. The quantitative estimate of drug-likeness (QED) is 0.721. The third-order valence-electron chi connectivity index (χ3n) is 4.67. The van der Waals surface area contributed by atoms with Crippen LogP contribution in [0, 0.1) is 0 Å². The fourth-order valence-electron chi connectivity index (χ4n) is 2.63. The molecule has 4 nitrogen and oxygen atoms in total. The molecule has 0 spiro atoms. The predicted octanol–water partition coefficient (Wildman–Crippen LogP) is 4.72. The number of nitrogens with zero attached hydrogens (tertiary/aromatic N) is 1. The van der Waals surface area contributed by atoms with Crippen LogP contribution in [-0.4, -0.2) is 13.4 Å². The number of anilines is 1. The molecule has 0 atom stereocenters. The zero-order chi connectivity index (χ0) is 18.1. The van der Waals surface area contributed by atoms with E-state index in [4.69, 9.17) is 0 Å². The number of para-hydroxylation sites is 1. The first-order valence-corrected chi connectivity index (χ1v) is 9.78. The van der Waals surface area contributed by atoms with E-state index >= 15 is 0 Å².